The van der Waals surface area contributed by atoms with Crippen LogP contribution in [0.5, 0.6) is 0 Å². The number of thioether (sulfide) groups is 1. The maximum absolute atomic E-state index is 13.6. The number of thiophene rings is 1. The van der Waals surface area contributed by atoms with Crippen LogP contribution < -0.4 is 10.9 Å². The summed E-state index contributed by atoms with van der Waals surface area (Å²) in [7, 11) is 0. The third-order valence-electron chi connectivity index (χ3n) is 5.12. The minimum Gasteiger partial charge on any atom is -0.325 e. The van der Waals surface area contributed by atoms with Crippen LogP contribution in [0.25, 0.3) is 15.9 Å². The van der Waals surface area contributed by atoms with Gasteiger partial charge >= 0.3 is 0 Å². The number of hydrogen-bond donors (Lipinski definition) is 1. The number of anilines is 1. The molecule has 0 spiro atoms. The van der Waals surface area contributed by atoms with Gasteiger partial charge in [-0.1, -0.05) is 59.6 Å². The molecule has 0 aliphatic rings. The summed E-state index contributed by atoms with van der Waals surface area (Å²) in [6.45, 7) is 6.03. The molecule has 1 amide bonds. The second-order valence-corrected chi connectivity index (χ2v) is 10.4. The van der Waals surface area contributed by atoms with Gasteiger partial charge in [0.25, 0.3) is 5.56 Å². The third kappa shape index (κ3) is 5.11. The van der Waals surface area contributed by atoms with Crippen LogP contribution in [0.3, 0.4) is 0 Å². The molecule has 4 aromatic rings. The van der Waals surface area contributed by atoms with Crippen molar-refractivity contribution in [3.8, 4) is 5.69 Å². The van der Waals surface area contributed by atoms with Crippen LogP contribution in [-0.2, 0) is 11.2 Å². The van der Waals surface area contributed by atoms with E-state index in [4.69, 9.17) is 28.2 Å². The molecule has 0 radical (unpaired) electrons. The van der Waals surface area contributed by atoms with Crippen molar-refractivity contribution in [2.24, 2.45) is 0 Å². The van der Waals surface area contributed by atoms with E-state index in [2.05, 4.69) is 12.2 Å². The first kappa shape index (κ1) is 23.8. The summed E-state index contributed by atoms with van der Waals surface area (Å²) >= 11 is 14.8. The standard InChI is InChI=1S/C24H21Cl2N3O2S2/c1-4-19-14(3)21-22(33-19)28-24(29(23(21)31)18-7-5-13(2)6-8-18)32-12-20(30)27-17-10-15(25)9-16(26)11-17/h5-11H,4,12H2,1-3H3,(H,27,30). The van der Waals surface area contributed by atoms with Crippen LogP contribution in [0.4, 0.5) is 5.69 Å². The molecule has 0 unspecified atom stereocenters. The third-order valence-corrected chi connectivity index (χ3v) is 7.83. The number of aromatic nitrogens is 2. The lowest BCUT2D eigenvalue weighted by Crippen LogP contribution is -2.23. The topological polar surface area (TPSA) is 64.0 Å². The number of carbonyl (C=O) groups excluding carboxylic acids is 1. The predicted octanol–water partition coefficient (Wildman–Crippen LogP) is 6.66. The van der Waals surface area contributed by atoms with Crippen molar-refractivity contribution in [1.29, 1.82) is 0 Å². The molecule has 0 saturated carbocycles. The van der Waals surface area contributed by atoms with Gasteiger partial charge in [0.05, 0.1) is 16.8 Å². The van der Waals surface area contributed by atoms with E-state index in [1.807, 2.05) is 38.1 Å². The van der Waals surface area contributed by atoms with E-state index in [1.165, 1.54) is 23.1 Å². The van der Waals surface area contributed by atoms with Gasteiger partial charge in [-0.05, 0) is 56.2 Å². The lowest BCUT2D eigenvalue weighted by Gasteiger charge is -2.13. The Labute approximate surface area is 209 Å². The molecule has 0 bridgehead atoms. The van der Waals surface area contributed by atoms with Crippen molar-refractivity contribution >= 4 is 68.1 Å². The lowest BCUT2D eigenvalue weighted by atomic mass is 10.2. The number of nitrogens with one attached hydrogen (secondary N) is 1. The summed E-state index contributed by atoms with van der Waals surface area (Å²) in [5.74, 6) is -0.182. The van der Waals surface area contributed by atoms with Crippen molar-refractivity contribution in [1.82, 2.24) is 9.55 Å². The Morgan fingerprint density at radius 3 is 2.42 bits per heavy atom. The molecule has 2 aromatic carbocycles. The highest BCUT2D eigenvalue weighted by molar-refractivity contribution is 7.99. The van der Waals surface area contributed by atoms with Gasteiger partial charge in [0, 0.05) is 20.6 Å². The van der Waals surface area contributed by atoms with Crippen LogP contribution in [0.2, 0.25) is 10.0 Å². The Morgan fingerprint density at radius 2 is 1.79 bits per heavy atom. The van der Waals surface area contributed by atoms with E-state index in [9.17, 15) is 9.59 Å². The van der Waals surface area contributed by atoms with Gasteiger partial charge in [-0.3, -0.25) is 14.2 Å². The monoisotopic (exact) mass is 517 g/mol. The average molecular weight is 518 g/mol. The van der Waals surface area contributed by atoms with Crippen LogP contribution in [0, 0.1) is 13.8 Å². The first-order chi connectivity index (χ1) is 15.8. The average Bonchev–Trinajstić information content (AvgIpc) is 3.08. The maximum atomic E-state index is 13.6. The van der Waals surface area contributed by atoms with Gasteiger partial charge in [-0.25, -0.2) is 4.98 Å². The second-order valence-electron chi connectivity index (χ2n) is 7.55. The molecule has 0 aliphatic heterocycles. The molecular formula is C24H21Cl2N3O2S2. The summed E-state index contributed by atoms with van der Waals surface area (Å²) in [4.78, 5) is 32.8. The highest BCUT2D eigenvalue weighted by Gasteiger charge is 2.19. The highest BCUT2D eigenvalue weighted by atomic mass is 35.5. The minimum absolute atomic E-state index is 0.0684. The molecule has 2 heterocycles. The summed E-state index contributed by atoms with van der Waals surface area (Å²) in [6, 6.07) is 12.5. The van der Waals surface area contributed by atoms with Crippen molar-refractivity contribution in [2.45, 2.75) is 32.3 Å². The molecule has 170 valence electrons. The number of rotatable bonds is 6. The van der Waals surface area contributed by atoms with Gasteiger partial charge in [0.2, 0.25) is 5.91 Å². The fourth-order valence-corrected chi connectivity index (χ4v) is 6.02. The quantitative estimate of drug-likeness (QED) is 0.229. The fourth-order valence-electron chi connectivity index (χ4n) is 3.52. The van der Waals surface area contributed by atoms with Gasteiger partial charge in [0.1, 0.15) is 4.83 Å². The Bertz CT molecular complexity index is 1390. The molecule has 0 atom stereocenters. The Balaban J connectivity index is 1.71. The first-order valence-corrected chi connectivity index (χ1v) is 12.8. The maximum Gasteiger partial charge on any atom is 0.267 e. The molecule has 1 N–H and O–H groups in total. The summed E-state index contributed by atoms with van der Waals surface area (Å²) in [6.07, 6.45) is 0.837. The van der Waals surface area contributed by atoms with Gasteiger partial charge < -0.3 is 5.32 Å². The van der Waals surface area contributed by atoms with E-state index in [0.717, 1.165) is 22.4 Å². The van der Waals surface area contributed by atoms with E-state index in [1.54, 1.807) is 22.8 Å². The summed E-state index contributed by atoms with van der Waals surface area (Å²) < 4.78 is 1.59. The zero-order valence-corrected chi connectivity index (χ0v) is 21.4. The zero-order valence-electron chi connectivity index (χ0n) is 18.2. The Hall–Kier alpha value is -2.32. The largest absolute Gasteiger partial charge is 0.325 e. The predicted molar refractivity (Wildman–Crippen MR) is 140 cm³/mol. The highest BCUT2D eigenvalue weighted by Crippen LogP contribution is 2.31. The molecule has 4 rings (SSSR count). The van der Waals surface area contributed by atoms with Crippen LogP contribution in [-0.4, -0.2) is 21.2 Å². The van der Waals surface area contributed by atoms with E-state index < -0.39 is 0 Å². The summed E-state index contributed by atoms with van der Waals surface area (Å²) in [5, 5.41) is 4.78. The molecule has 5 nitrogen and oxygen atoms in total. The number of halogens is 2. The smallest absolute Gasteiger partial charge is 0.267 e. The molecule has 2 aromatic heterocycles. The van der Waals surface area contributed by atoms with Crippen LogP contribution in [0.15, 0.2) is 52.4 Å². The number of nitrogens with zero attached hydrogens (tertiary/aromatic N) is 2. The lowest BCUT2D eigenvalue weighted by molar-refractivity contribution is -0.113. The Kier molecular flexibility index (Phi) is 7.14. The molecule has 0 aliphatic carbocycles. The van der Waals surface area contributed by atoms with Crippen molar-refractivity contribution in [2.75, 3.05) is 11.1 Å². The molecular weight excluding hydrogens is 497 g/mol. The van der Waals surface area contributed by atoms with Crippen molar-refractivity contribution in [3.05, 3.63) is 78.9 Å². The van der Waals surface area contributed by atoms with Gasteiger partial charge in [-0.15, -0.1) is 11.3 Å². The van der Waals surface area contributed by atoms with Crippen LogP contribution >= 0.6 is 46.3 Å². The number of benzene rings is 2. The number of amides is 1. The SMILES string of the molecule is CCc1sc2nc(SCC(=O)Nc3cc(Cl)cc(Cl)c3)n(-c3ccc(C)cc3)c(=O)c2c1C. The minimum atomic E-state index is -0.250. The first-order valence-electron chi connectivity index (χ1n) is 10.3. The van der Waals surface area contributed by atoms with Crippen LogP contribution in [0.1, 0.15) is 22.9 Å². The second kappa shape index (κ2) is 9.89. The number of hydrogen-bond acceptors (Lipinski definition) is 5. The number of carbonyl (C=O) groups is 1. The molecule has 33 heavy (non-hydrogen) atoms. The van der Waals surface area contributed by atoms with Crippen molar-refractivity contribution in [3.63, 3.8) is 0 Å². The summed E-state index contributed by atoms with van der Waals surface area (Å²) in [5.41, 5.74) is 3.17. The molecule has 9 heteroatoms. The van der Waals surface area contributed by atoms with E-state index in [-0.39, 0.29) is 17.2 Å². The number of aryl methyl sites for hydroxylation is 3. The molecule has 0 fully saturated rings. The van der Waals surface area contributed by atoms with E-state index in [0.29, 0.717) is 36.8 Å². The number of fused-ring (bicyclic) bond motifs is 1. The molecule has 0 saturated heterocycles. The zero-order chi connectivity index (χ0) is 23.7. The Morgan fingerprint density at radius 1 is 1.12 bits per heavy atom. The van der Waals surface area contributed by atoms with Crippen molar-refractivity contribution < 1.29 is 4.79 Å². The van der Waals surface area contributed by atoms with Gasteiger partial charge in [-0.2, -0.15) is 0 Å². The van der Waals surface area contributed by atoms with E-state index >= 15 is 0 Å². The van der Waals surface area contributed by atoms with Gasteiger partial charge in [0.15, 0.2) is 5.16 Å². The fraction of sp³-hybridized carbons (Fsp3) is 0.208. The normalized spacial score (nSPS) is 11.2.